The molecule has 1 fully saturated rings. The minimum absolute atomic E-state index is 0.0212. The fourth-order valence-corrected chi connectivity index (χ4v) is 3.91. The first-order valence-electron chi connectivity index (χ1n) is 8.76. The normalized spacial score (nSPS) is 16.1. The Kier molecular flexibility index (Phi) is 5.00. The summed E-state index contributed by atoms with van der Waals surface area (Å²) in [6.45, 7) is 0.508. The number of rotatable bonds is 5. The summed E-state index contributed by atoms with van der Waals surface area (Å²) < 4.78 is 0. The molecule has 4 rings (SSSR count). The van der Waals surface area contributed by atoms with E-state index in [0.717, 1.165) is 5.69 Å². The molecule has 1 aliphatic heterocycles. The third-order valence-electron chi connectivity index (χ3n) is 4.54. The monoisotopic (exact) mass is 409 g/mol. The quantitative estimate of drug-likeness (QED) is 0.511. The Labute approximate surface area is 169 Å². The number of benzene rings is 2. The molecule has 0 aliphatic carbocycles. The second-order valence-electron chi connectivity index (χ2n) is 6.44. The van der Waals surface area contributed by atoms with Crippen LogP contribution in [0.25, 0.3) is 0 Å². The van der Waals surface area contributed by atoms with Crippen molar-refractivity contribution in [2.24, 2.45) is 0 Å². The number of para-hydroxylation sites is 1. The Bertz CT molecular complexity index is 1070. The molecule has 3 aromatic rings. The second kappa shape index (κ2) is 7.76. The first-order chi connectivity index (χ1) is 14.0. The topological polar surface area (TPSA) is 118 Å². The van der Waals surface area contributed by atoms with E-state index < -0.39 is 10.8 Å². The summed E-state index contributed by atoms with van der Waals surface area (Å²) in [5, 5.41) is 22.5. The molecule has 2 aromatic carbocycles. The van der Waals surface area contributed by atoms with Gasteiger partial charge in [0.25, 0.3) is 11.6 Å². The van der Waals surface area contributed by atoms with Crippen LogP contribution in [0, 0.1) is 10.1 Å². The van der Waals surface area contributed by atoms with Gasteiger partial charge >= 0.3 is 0 Å². The lowest BCUT2D eigenvalue weighted by Gasteiger charge is -2.15. The van der Waals surface area contributed by atoms with E-state index >= 15 is 0 Å². The van der Waals surface area contributed by atoms with Crippen molar-refractivity contribution in [3.8, 4) is 0 Å². The molecule has 1 aliphatic rings. The molecule has 9 nitrogen and oxygen atoms in total. The molecule has 1 atom stereocenters. The summed E-state index contributed by atoms with van der Waals surface area (Å²) in [4.78, 5) is 36.6. The number of nitro groups is 1. The van der Waals surface area contributed by atoms with Gasteiger partial charge in [0.1, 0.15) is 5.01 Å². The molecule has 146 valence electrons. The van der Waals surface area contributed by atoms with Gasteiger partial charge in [-0.05, 0) is 24.3 Å². The zero-order valence-electron chi connectivity index (χ0n) is 15.0. The van der Waals surface area contributed by atoms with E-state index in [-0.39, 0.29) is 23.1 Å². The van der Waals surface area contributed by atoms with Gasteiger partial charge in [-0.3, -0.25) is 25.0 Å². The number of hydrogen-bond donors (Lipinski definition) is 1. The van der Waals surface area contributed by atoms with Gasteiger partial charge in [-0.1, -0.05) is 29.5 Å². The minimum Gasteiger partial charge on any atom is -0.312 e. The molecule has 1 saturated heterocycles. The average Bonchev–Trinajstić information content (AvgIpc) is 3.35. The van der Waals surface area contributed by atoms with Crippen molar-refractivity contribution in [3.63, 3.8) is 0 Å². The number of amides is 2. The molecular formula is C19H15N5O4S. The molecule has 1 unspecified atom stereocenters. The Balaban J connectivity index is 1.43. The van der Waals surface area contributed by atoms with Gasteiger partial charge in [0.15, 0.2) is 0 Å². The largest absolute Gasteiger partial charge is 0.312 e. The van der Waals surface area contributed by atoms with E-state index in [9.17, 15) is 19.7 Å². The zero-order chi connectivity index (χ0) is 20.4. The van der Waals surface area contributed by atoms with Crippen LogP contribution in [0.1, 0.15) is 27.7 Å². The predicted octanol–water partition coefficient (Wildman–Crippen LogP) is 3.22. The van der Waals surface area contributed by atoms with Crippen LogP contribution in [0.5, 0.6) is 0 Å². The minimum atomic E-state index is -0.527. The number of hydrogen-bond acceptors (Lipinski definition) is 7. The Morgan fingerprint density at radius 2 is 1.86 bits per heavy atom. The van der Waals surface area contributed by atoms with Crippen LogP contribution in [0.2, 0.25) is 0 Å². The summed E-state index contributed by atoms with van der Waals surface area (Å²) in [6.07, 6.45) is 0.333. The van der Waals surface area contributed by atoms with Gasteiger partial charge in [0.05, 0.1) is 4.92 Å². The third-order valence-corrected chi connectivity index (χ3v) is 5.54. The van der Waals surface area contributed by atoms with Crippen LogP contribution in [0.4, 0.5) is 16.5 Å². The van der Waals surface area contributed by atoms with Crippen LogP contribution in [0.3, 0.4) is 0 Å². The van der Waals surface area contributed by atoms with Crippen molar-refractivity contribution < 1.29 is 14.5 Å². The fraction of sp³-hybridized carbons (Fsp3) is 0.158. The lowest BCUT2D eigenvalue weighted by molar-refractivity contribution is -0.384. The highest BCUT2D eigenvalue weighted by Gasteiger charge is 2.33. The number of carbonyl (C=O) groups is 2. The number of non-ortho nitro benzene ring substituents is 1. The van der Waals surface area contributed by atoms with Crippen LogP contribution in [0.15, 0.2) is 54.6 Å². The predicted molar refractivity (Wildman–Crippen MR) is 107 cm³/mol. The zero-order valence-corrected chi connectivity index (χ0v) is 15.8. The molecule has 1 N–H and O–H groups in total. The van der Waals surface area contributed by atoms with Crippen molar-refractivity contribution in [2.45, 2.75) is 12.3 Å². The van der Waals surface area contributed by atoms with Crippen molar-refractivity contribution in [1.29, 1.82) is 0 Å². The molecule has 0 bridgehead atoms. The summed E-state index contributed by atoms with van der Waals surface area (Å²) in [5.74, 6) is -0.505. The van der Waals surface area contributed by atoms with E-state index in [4.69, 9.17) is 0 Å². The van der Waals surface area contributed by atoms with Crippen molar-refractivity contribution in [1.82, 2.24) is 10.2 Å². The van der Waals surface area contributed by atoms with Gasteiger partial charge < -0.3 is 4.90 Å². The van der Waals surface area contributed by atoms with Crippen LogP contribution in [-0.2, 0) is 4.79 Å². The molecule has 29 heavy (non-hydrogen) atoms. The van der Waals surface area contributed by atoms with Crippen LogP contribution >= 0.6 is 11.3 Å². The number of aromatic nitrogens is 2. The molecule has 10 heteroatoms. The first kappa shape index (κ1) is 18.7. The van der Waals surface area contributed by atoms with Crippen molar-refractivity contribution >= 4 is 39.7 Å². The smallest absolute Gasteiger partial charge is 0.269 e. The number of carbonyl (C=O) groups excluding carboxylic acids is 2. The Morgan fingerprint density at radius 3 is 2.55 bits per heavy atom. The van der Waals surface area contributed by atoms with Crippen molar-refractivity contribution in [3.05, 3.63) is 75.3 Å². The van der Waals surface area contributed by atoms with E-state index in [1.807, 2.05) is 30.3 Å². The average molecular weight is 409 g/mol. The molecule has 2 amide bonds. The fourth-order valence-electron chi connectivity index (χ4n) is 3.08. The first-order valence-corrected chi connectivity index (χ1v) is 9.57. The highest BCUT2D eigenvalue weighted by atomic mass is 32.1. The van der Waals surface area contributed by atoms with Crippen LogP contribution in [-0.4, -0.2) is 33.5 Å². The maximum absolute atomic E-state index is 12.4. The summed E-state index contributed by atoms with van der Waals surface area (Å²) in [6, 6.07) is 14.7. The maximum atomic E-state index is 12.4. The maximum Gasteiger partial charge on any atom is 0.269 e. The standard InChI is InChI=1S/C19H15N5O4S/c25-16-10-13(11-23(16)14-4-2-1-3-5-14)18-21-22-19(29-18)20-17(26)12-6-8-15(9-7-12)24(27)28/h1-9,13H,10-11H2,(H,20,22,26). The molecule has 0 radical (unpaired) electrons. The number of nitrogens with one attached hydrogen (secondary N) is 1. The highest BCUT2D eigenvalue weighted by Crippen LogP contribution is 2.34. The summed E-state index contributed by atoms with van der Waals surface area (Å²) >= 11 is 1.22. The van der Waals surface area contributed by atoms with Crippen molar-refractivity contribution in [2.75, 3.05) is 16.8 Å². The van der Waals surface area contributed by atoms with E-state index in [1.165, 1.54) is 35.6 Å². The SMILES string of the molecule is O=C(Nc1nnc(C2CC(=O)N(c3ccccc3)C2)s1)c1ccc([N+](=O)[O-])cc1. The van der Waals surface area contributed by atoms with Crippen LogP contribution < -0.4 is 10.2 Å². The highest BCUT2D eigenvalue weighted by molar-refractivity contribution is 7.15. The second-order valence-corrected chi connectivity index (χ2v) is 7.45. The van der Waals surface area contributed by atoms with E-state index in [0.29, 0.717) is 23.1 Å². The molecule has 2 heterocycles. The molecule has 0 saturated carbocycles. The van der Waals surface area contributed by atoms with Gasteiger partial charge in [-0.25, -0.2) is 0 Å². The van der Waals surface area contributed by atoms with E-state index in [2.05, 4.69) is 15.5 Å². The number of nitrogens with zero attached hydrogens (tertiary/aromatic N) is 4. The lowest BCUT2D eigenvalue weighted by Crippen LogP contribution is -2.24. The number of nitro benzene ring substituents is 1. The Morgan fingerprint density at radius 1 is 1.14 bits per heavy atom. The molecule has 0 spiro atoms. The van der Waals surface area contributed by atoms with Gasteiger partial charge in [0, 0.05) is 42.3 Å². The number of anilines is 2. The van der Waals surface area contributed by atoms with Gasteiger partial charge in [0.2, 0.25) is 11.0 Å². The summed E-state index contributed by atoms with van der Waals surface area (Å²) in [5.41, 5.74) is 1.03. The Hall–Kier alpha value is -3.66. The lowest BCUT2D eigenvalue weighted by atomic mass is 10.1. The third kappa shape index (κ3) is 3.97. The summed E-state index contributed by atoms with van der Waals surface area (Å²) in [7, 11) is 0. The van der Waals surface area contributed by atoms with Gasteiger partial charge in [-0.15, -0.1) is 10.2 Å². The van der Waals surface area contributed by atoms with E-state index in [1.54, 1.807) is 4.90 Å². The molecule has 1 aromatic heterocycles. The van der Waals surface area contributed by atoms with Gasteiger partial charge in [-0.2, -0.15) is 0 Å². The molecular weight excluding hydrogens is 394 g/mol.